The number of rotatable bonds is 7. The van der Waals surface area contributed by atoms with Gasteiger partial charge in [0, 0.05) is 5.56 Å². The van der Waals surface area contributed by atoms with Crippen molar-refractivity contribution in [2.24, 2.45) is 0 Å². The summed E-state index contributed by atoms with van der Waals surface area (Å²) >= 11 is 6.04. The Morgan fingerprint density at radius 3 is 2.64 bits per heavy atom. The molecule has 0 aromatic heterocycles. The highest BCUT2D eigenvalue weighted by molar-refractivity contribution is 6.32. The first-order valence-electron chi connectivity index (χ1n) is 6.98. The van der Waals surface area contributed by atoms with Crippen LogP contribution in [0.3, 0.4) is 0 Å². The Bertz CT molecular complexity index is 658. The average molecular weight is 320 g/mol. The Morgan fingerprint density at radius 1 is 1.18 bits per heavy atom. The first kappa shape index (κ1) is 16.2. The maximum Gasteiger partial charge on any atom is 0.181 e. The van der Waals surface area contributed by atoms with Crippen molar-refractivity contribution in [3.63, 3.8) is 0 Å². The number of halogens is 1. The van der Waals surface area contributed by atoms with Gasteiger partial charge in [0.2, 0.25) is 0 Å². The lowest BCUT2D eigenvalue weighted by Gasteiger charge is -2.12. The molecule has 2 aromatic rings. The third kappa shape index (κ3) is 3.92. The maximum absolute atomic E-state index is 12.2. The van der Waals surface area contributed by atoms with Crippen LogP contribution in [0.4, 0.5) is 5.69 Å². The fourth-order valence-electron chi connectivity index (χ4n) is 2.01. The topological polar surface area (TPSA) is 47.6 Å². The smallest absolute Gasteiger partial charge is 0.181 e. The molecule has 0 fully saturated rings. The Kier molecular flexibility index (Phi) is 5.67. The van der Waals surface area contributed by atoms with E-state index < -0.39 is 0 Å². The van der Waals surface area contributed by atoms with Gasteiger partial charge >= 0.3 is 0 Å². The largest absolute Gasteiger partial charge is 0.495 e. The second-order valence-electron chi connectivity index (χ2n) is 4.56. The number of hydrogen-bond donors (Lipinski definition) is 1. The molecule has 5 heteroatoms. The van der Waals surface area contributed by atoms with Gasteiger partial charge in [-0.05, 0) is 37.3 Å². The van der Waals surface area contributed by atoms with Crippen molar-refractivity contribution in [2.45, 2.75) is 6.92 Å². The fourth-order valence-corrected chi connectivity index (χ4v) is 2.27. The van der Waals surface area contributed by atoms with E-state index in [4.69, 9.17) is 21.1 Å². The Morgan fingerprint density at radius 2 is 1.95 bits per heavy atom. The number of carbonyl (C=O) groups excluding carboxylic acids is 1. The number of methoxy groups -OCH3 is 1. The Balaban J connectivity index is 2.05. The molecule has 0 bridgehead atoms. The average Bonchev–Trinajstić information content (AvgIpc) is 2.54. The first-order valence-corrected chi connectivity index (χ1v) is 7.36. The van der Waals surface area contributed by atoms with Gasteiger partial charge in [-0.25, -0.2) is 0 Å². The van der Waals surface area contributed by atoms with Crippen molar-refractivity contribution in [3.8, 4) is 11.5 Å². The van der Waals surface area contributed by atoms with E-state index in [1.165, 1.54) is 7.11 Å². The summed E-state index contributed by atoms with van der Waals surface area (Å²) in [4.78, 5) is 12.2. The van der Waals surface area contributed by atoms with Crippen molar-refractivity contribution < 1.29 is 14.3 Å². The van der Waals surface area contributed by atoms with Gasteiger partial charge in [0.25, 0.3) is 0 Å². The van der Waals surface area contributed by atoms with E-state index in [2.05, 4.69) is 5.32 Å². The van der Waals surface area contributed by atoms with E-state index >= 15 is 0 Å². The molecule has 0 saturated carbocycles. The molecule has 116 valence electrons. The summed E-state index contributed by atoms with van der Waals surface area (Å²) in [5.41, 5.74) is 1.32. The molecule has 0 atom stereocenters. The number of ketones is 1. The molecule has 2 rings (SSSR count). The van der Waals surface area contributed by atoms with Gasteiger partial charge in [-0.15, -0.1) is 0 Å². The molecule has 0 radical (unpaired) electrons. The van der Waals surface area contributed by atoms with Crippen LogP contribution in [-0.2, 0) is 0 Å². The molecule has 0 amide bonds. The second kappa shape index (κ2) is 7.71. The highest BCUT2D eigenvalue weighted by Gasteiger charge is 2.10. The monoisotopic (exact) mass is 319 g/mol. The fraction of sp³-hybridized carbons (Fsp3) is 0.235. The predicted molar refractivity (Wildman–Crippen MR) is 88.4 cm³/mol. The Hall–Kier alpha value is -2.20. The van der Waals surface area contributed by atoms with Crippen LogP contribution in [0.25, 0.3) is 0 Å². The molecule has 2 aromatic carbocycles. The molecule has 0 aliphatic rings. The van der Waals surface area contributed by atoms with Crippen LogP contribution in [0.15, 0.2) is 42.5 Å². The van der Waals surface area contributed by atoms with Gasteiger partial charge in [-0.2, -0.15) is 0 Å². The maximum atomic E-state index is 12.2. The van der Waals surface area contributed by atoms with E-state index in [1.54, 1.807) is 18.2 Å². The van der Waals surface area contributed by atoms with E-state index in [0.29, 0.717) is 22.9 Å². The van der Waals surface area contributed by atoms with Crippen LogP contribution in [0.1, 0.15) is 17.3 Å². The van der Waals surface area contributed by atoms with Crippen molar-refractivity contribution in [1.82, 2.24) is 0 Å². The molecule has 1 N–H and O–H groups in total. The van der Waals surface area contributed by atoms with Crippen LogP contribution < -0.4 is 14.8 Å². The van der Waals surface area contributed by atoms with Gasteiger partial charge in [0.1, 0.15) is 11.5 Å². The zero-order valence-corrected chi connectivity index (χ0v) is 13.3. The number of carbonyl (C=O) groups is 1. The highest BCUT2D eigenvalue weighted by atomic mass is 35.5. The normalized spacial score (nSPS) is 10.1. The molecule has 0 heterocycles. The number of hydrogen-bond acceptors (Lipinski definition) is 4. The van der Waals surface area contributed by atoms with E-state index in [0.717, 1.165) is 11.4 Å². The minimum absolute atomic E-state index is 0.0594. The van der Waals surface area contributed by atoms with Crippen LogP contribution in [0, 0.1) is 0 Å². The number of benzene rings is 2. The predicted octanol–water partition coefficient (Wildman–Crippen LogP) is 4.04. The molecule has 0 spiro atoms. The van der Waals surface area contributed by atoms with Crippen molar-refractivity contribution in [1.29, 1.82) is 0 Å². The van der Waals surface area contributed by atoms with Gasteiger partial charge in [0.15, 0.2) is 5.78 Å². The van der Waals surface area contributed by atoms with Gasteiger partial charge in [-0.1, -0.05) is 23.7 Å². The van der Waals surface area contributed by atoms with Crippen LogP contribution in [0.5, 0.6) is 11.5 Å². The first-order chi connectivity index (χ1) is 10.7. The molecule has 0 unspecified atom stereocenters. The summed E-state index contributed by atoms with van der Waals surface area (Å²) in [6.07, 6.45) is 0. The standard InChI is InChI=1S/C17H18ClNO3/c1-3-22-17-7-5-4-6-14(17)19-11-15(20)12-8-9-16(21-2)13(18)10-12/h4-10,19H,3,11H2,1-2H3. The number of para-hydroxylation sites is 2. The van der Waals surface area contributed by atoms with E-state index in [9.17, 15) is 4.79 Å². The summed E-state index contributed by atoms with van der Waals surface area (Å²) in [7, 11) is 1.54. The second-order valence-corrected chi connectivity index (χ2v) is 4.96. The van der Waals surface area contributed by atoms with Crippen LogP contribution in [0.2, 0.25) is 5.02 Å². The lowest BCUT2D eigenvalue weighted by Crippen LogP contribution is -2.14. The Labute approximate surface area is 135 Å². The zero-order chi connectivity index (χ0) is 15.9. The van der Waals surface area contributed by atoms with Crippen molar-refractivity contribution in [3.05, 3.63) is 53.1 Å². The summed E-state index contributed by atoms with van der Waals surface area (Å²) < 4.78 is 10.6. The number of anilines is 1. The number of nitrogens with one attached hydrogen (secondary N) is 1. The van der Waals surface area contributed by atoms with Crippen molar-refractivity contribution in [2.75, 3.05) is 25.6 Å². The van der Waals surface area contributed by atoms with Crippen molar-refractivity contribution >= 4 is 23.1 Å². The lowest BCUT2D eigenvalue weighted by molar-refractivity contribution is 0.101. The molecule has 0 saturated heterocycles. The molecule has 0 aliphatic carbocycles. The van der Waals surface area contributed by atoms with Gasteiger partial charge in [0.05, 0.1) is 31.0 Å². The van der Waals surface area contributed by atoms with E-state index in [1.807, 2.05) is 31.2 Å². The highest BCUT2D eigenvalue weighted by Crippen LogP contribution is 2.26. The lowest BCUT2D eigenvalue weighted by atomic mass is 10.1. The number of Topliss-reactive ketones (excluding diaryl/α,β-unsaturated/α-hetero) is 1. The van der Waals surface area contributed by atoms with Gasteiger partial charge in [-0.3, -0.25) is 4.79 Å². The molecular formula is C17H18ClNO3. The molecule has 22 heavy (non-hydrogen) atoms. The summed E-state index contributed by atoms with van der Waals surface area (Å²) in [6, 6.07) is 12.5. The number of ether oxygens (including phenoxy) is 2. The molecule has 0 aliphatic heterocycles. The minimum atomic E-state index is -0.0594. The third-order valence-electron chi connectivity index (χ3n) is 3.10. The SMILES string of the molecule is CCOc1ccccc1NCC(=O)c1ccc(OC)c(Cl)c1. The summed E-state index contributed by atoms with van der Waals surface area (Å²) in [5.74, 6) is 1.22. The zero-order valence-electron chi connectivity index (χ0n) is 12.6. The van der Waals surface area contributed by atoms with Gasteiger partial charge < -0.3 is 14.8 Å². The molecule has 4 nitrogen and oxygen atoms in total. The quantitative estimate of drug-likeness (QED) is 0.782. The van der Waals surface area contributed by atoms with Crippen LogP contribution in [-0.4, -0.2) is 26.0 Å². The minimum Gasteiger partial charge on any atom is -0.495 e. The van der Waals surface area contributed by atoms with E-state index in [-0.39, 0.29) is 12.3 Å². The summed E-state index contributed by atoms with van der Waals surface area (Å²) in [6.45, 7) is 2.65. The van der Waals surface area contributed by atoms with Crippen LogP contribution >= 0.6 is 11.6 Å². The third-order valence-corrected chi connectivity index (χ3v) is 3.40. The molecular weight excluding hydrogens is 302 g/mol. The summed E-state index contributed by atoms with van der Waals surface area (Å²) in [5, 5.41) is 3.52.